The van der Waals surface area contributed by atoms with Gasteiger partial charge < -0.3 is 63.2 Å². The summed E-state index contributed by atoms with van der Waals surface area (Å²) in [5, 5.41) is 6.12. The number of quaternary nitrogens is 2. The lowest BCUT2D eigenvalue weighted by molar-refractivity contribution is -0.986. The molecular formula is C27H36Cl3FN6O2. The minimum Gasteiger partial charge on any atom is -1.00 e. The quantitative estimate of drug-likeness (QED) is 0.160. The van der Waals surface area contributed by atoms with Crippen LogP contribution >= 0.6 is 0 Å². The van der Waals surface area contributed by atoms with Gasteiger partial charge in [-0.1, -0.05) is 12.1 Å². The Hall–Kier alpha value is -2.82. The molecule has 214 valence electrons. The van der Waals surface area contributed by atoms with Gasteiger partial charge in [-0.25, -0.2) is 9.37 Å². The Kier molecular flexibility index (Phi) is 14.9. The molecule has 8 nitrogen and oxygen atoms in total. The molecule has 1 saturated heterocycles. The molecule has 1 aliphatic rings. The maximum absolute atomic E-state index is 13.0. The van der Waals surface area contributed by atoms with Crippen molar-refractivity contribution >= 4 is 28.9 Å². The van der Waals surface area contributed by atoms with Gasteiger partial charge in [0, 0.05) is 31.0 Å². The molecule has 2 heterocycles. The van der Waals surface area contributed by atoms with E-state index in [-0.39, 0.29) is 48.9 Å². The van der Waals surface area contributed by atoms with Crippen molar-refractivity contribution in [3.05, 3.63) is 72.0 Å². The number of methoxy groups -OCH3 is 1. The number of nitrogens with two attached hydrogens (primary N) is 1. The Balaban J connectivity index is 0.00000253. The molecule has 0 aliphatic carbocycles. The van der Waals surface area contributed by atoms with E-state index in [2.05, 4.69) is 27.8 Å². The van der Waals surface area contributed by atoms with Crippen molar-refractivity contribution < 1.29 is 65.9 Å². The number of hydrogen-bond acceptors (Lipinski definition) is 4. The Morgan fingerprint density at radius 1 is 0.974 bits per heavy atom. The van der Waals surface area contributed by atoms with Crippen LogP contribution < -0.4 is 73.1 Å². The Morgan fingerprint density at radius 2 is 1.64 bits per heavy atom. The largest absolute Gasteiger partial charge is 1.00 e. The molecule has 2 aromatic carbocycles. The van der Waals surface area contributed by atoms with Gasteiger partial charge in [0.05, 0.1) is 20.2 Å². The summed E-state index contributed by atoms with van der Waals surface area (Å²) in [6, 6.07) is 18.2. The maximum Gasteiger partial charge on any atom is 0.241 e. The molecule has 0 unspecified atom stereocenters. The topological polar surface area (TPSA) is 99.4 Å². The smallest absolute Gasteiger partial charge is 0.241 e. The summed E-state index contributed by atoms with van der Waals surface area (Å²) in [6.45, 7) is 5.87. The number of nitrogens with one attached hydrogen (secondary N) is 5. The van der Waals surface area contributed by atoms with Crippen LogP contribution in [0.1, 0.15) is 18.4 Å². The van der Waals surface area contributed by atoms with Gasteiger partial charge in [0.2, 0.25) is 17.5 Å². The molecule has 12 heteroatoms. The van der Waals surface area contributed by atoms with E-state index >= 15 is 0 Å². The third kappa shape index (κ3) is 10.3. The average Bonchev–Trinajstić information content (AvgIpc) is 2.90. The van der Waals surface area contributed by atoms with E-state index in [1.807, 2.05) is 18.2 Å². The number of halogens is 4. The second-order valence-corrected chi connectivity index (χ2v) is 9.16. The molecule has 1 aliphatic heterocycles. The number of carbonyl (C=O) groups excluding carboxylic acids is 1. The zero-order valence-electron chi connectivity index (χ0n) is 21.8. The maximum atomic E-state index is 13.0. The van der Waals surface area contributed by atoms with Gasteiger partial charge in [0.1, 0.15) is 49.1 Å². The molecule has 7 N–H and O–H groups in total. The summed E-state index contributed by atoms with van der Waals surface area (Å²) in [7, 11) is 1.69. The number of aromatic nitrogens is 1. The first-order valence-electron chi connectivity index (χ1n) is 12.4. The number of ether oxygens (including phenoxy) is 1. The van der Waals surface area contributed by atoms with Gasteiger partial charge in [-0.3, -0.25) is 9.69 Å². The predicted molar refractivity (Wildman–Crippen MR) is 138 cm³/mol. The zero-order chi connectivity index (χ0) is 25.3. The molecule has 1 aromatic heterocycles. The highest BCUT2D eigenvalue weighted by Gasteiger charge is 2.24. The van der Waals surface area contributed by atoms with Crippen LogP contribution in [0.2, 0.25) is 0 Å². The van der Waals surface area contributed by atoms with Gasteiger partial charge in [-0.2, -0.15) is 0 Å². The lowest BCUT2D eigenvalue weighted by Crippen LogP contribution is -3.26. The number of amides is 1. The van der Waals surface area contributed by atoms with Crippen LogP contribution in [0.25, 0.3) is 0 Å². The fourth-order valence-corrected chi connectivity index (χ4v) is 4.50. The van der Waals surface area contributed by atoms with E-state index in [9.17, 15) is 9.18 Å². The highest BCUT2D eigenvalue weighted by Crippen LogP contribution is 2.16. The Labute approximate surface area is 247 Å². The average molecular weight is 602 g/mol. The van der Waals surface area contributed by atoms with Gasteiger partial charge in [0.25, 0.3) is 0 Å². The number of aromatic amines is 1. The van der Waals surface area contributed by atoms with E-state index in [0.717, 1.165) is 50.5 Å². The second-order valence-electron chi connectivity index (χ2n) is 9.16. The number of nitrogen functional groups attached to an aromatic ring is 1. The molecule has 4 rings (SSSR count). The summed E-state index contributed by atoms with van der Waals surface area (Å²) in [5.74, 6) is 1.69. The van der Waals surface area contributed by atoms with Gasteiger partial charge in [-0.05, 0) is 35.9 Å². The van der Waals surface area contributed by atoms with Crippen LogP contribution in [0.15, 0.2) is 60.7 Å². The molecule has 0 spiro atoms. The molecule has 0 bridgehead atoms. The molecule has 0 saturated carbocycles. The van der Waals surface area contributed by atoms with Crippen LogP contribution in [0.3, 0.4) is 0 Å². The van der Waals surface area contributed by atoms with Crippen molar-refractivity contribution in [2.45, 2.75) is 19.4 Å². The molecule has 0 radical (unpaired) electrons. The third-order valence-corrected chi connectivity index (χ3v) is 6.64. The van der Waals surface area contributed by atoms with Gasteiger partial charge in [-0.15, -0.1) is 0 Å². The minimum absolute atomic E-state index is 0. The number of anilines is 3. The SMILES string of the molecule is COc1ccc([NH+]2CC[NH+](CCCC(=O)Nc3ccc(NCc4ccc(F)cc4)[nH+]c3N)CC2)cc1.[Cl-].[Cl-].[Cl-]. The number of piperazine rings is 1. The highest BCUT2D eigenvalue weighted by atomic mass is 35.5. The van der Waals surface area contributed by atoms with Crippen LogP contribution in [0, 0.1) is 5.82 Å². The number of H-pyrrole nitrogens is 1. The van der Waals surface area contributed by atoms with Gasteiger partial charge >= 0.3 is 0 Å². The first-order valence-corrected chi connectivity index (χ1v) is 12.4. The van der Waals surface area contributed by atoms with Crippen molar-refractivity contribution in [3.63, 3.8) is 0 Å². The number of carbonyl (C=O) groups is 1. The van der Waals surface area contributed by atoms with Crippen LogP contribution in [0.5, 0.6) is 5.75 Å². The fourth-order valence-electron chi connectivity index (χ4n) is 4.50. The van der Waals surface area contributed by atoms with Crippen molar-refractivity contribution in [1.29, 1.82) is 0 Å². The zero-order valence-corrected chi connectivity index (χ0v) is 24.1. The standard InChI is InChI=1S/C27H33FN6O2.3ClH/c1-36-23-10-8-22(9-11-23)34-17-15-33(16-18-34)14-2-3-26(35)31-24-12-13-25(32-27(24)29)30-19-20-4-6-21(28)7-5-20;;;/h4-13H,2-3,14-19H2,1H3,(H,31,35)(H3,29,30,32);3*1H. The predicted octanol–water partition coefficient (Wildman–Crippen LogP) is -8.31. The lowest BCUT2D eigenvalue weighted by atomic mass is 10.2. The number of rotatable bonds is 10. The minimum atomic E-state index is -0.260. The summed E-state index contributed by atoms with van der Waals surface area (Å²) in [6.07, 6.45) is 1.29. The summed E-state index contributed by atoms with van der Waals surface area (Å²) < 4.78 is 18.3. The van der Waals surface area contributed by atoms with E-state index in [1.54, 1.807) is 30.2 Å². The lowest BCUT2D eigenvalue weighted by Gasteiger charge is -2.29. The van der Waals surface area contributed by atoms with Crippen molar-refractivity contribution in [3.8, 4) is 5.75 Å². The van der Waals surface area contributed by atoms with Crippen LogP contribution in [-0.2, 0) is 11.3 Å². The number of benzene rings is 2. The molecule has 3 aromatic rings. The summed E-state index contributed by atoms with van der Waals surface area (Å²) in [5.41, 5.74) is 8.93. The fraction of sp³-hybridized carbons (Fsp3) is 0.333. The van der Waals surface area contributed by atoms with Crippen LogP contribution in [0.4, 0.5) is 27.4 Å². The molecule has 0 atom stereocenters. The molecule has 39 heavy (non-hydrogen) atoms. The van der Waals surface area contributed by atoms with Crippen LogP contribution in [-0.4, -0.2) is 45.7 Å². The van der Waals surface area contributed by atoms with Crippen molar-refractivity contribution in [1.82, 2.24) is 0 Å². The van der Waals surface area contributed by atoms with Gasteiger partial charge in [0.15, 0.2) is 0 Å². The monoisotopic (exact) mass is 600 g/mol. The summed E-state index contributed by atoms with van der Waals surface area (Å²) >= 11 is 0. The van der Waals surface area contributed by atoms with E-state index in [0.29, 0.717) is 30.3 Å². The van der Waals surface area contributed by atoms with E-state index in [1.165, 1.54) is 22.7 Å². The molecule has 1 amide bonds. The molecule has 1 fully saturated rings. The van der Waals surface area contributed by atoms with E-state index < -0.39 is 0 Å². The third-order valence-electron chi connectivity index (χ3n) is 6.64. The molecular weight excluding hydrogens is 566 g/mol. The van der Waals surface area contributed by atoms with Crippen molar-refractivity contribution in [2.75, 3.05) is 56.2 Å². The Morgan fingerprint density at radius 3 is 2.26 bits per heavy atom. The highest BCUT2D eigenvalue weighted by molar-refractivity contribution is 5.92. The summed E-state index contributed by atoms with van der Waals surface area (Å²) in [4.78, 5) is 18.6. The first-order chi connectivity index (χ1) is 17.5. The Bertz CT molecular complexity index is 1150. The first kappa shape index (κ1) is 34.2. The second kappa shape index (κ2) is 17.0. The number of hydrogen-bond donors (Lipinski definition) is 5. The van der Waals surface area contributed by atoms with Crippen molar-refractivity contribution in [2.24, 2.45) is 0 Å². The normalized spacial score (nSPS) is 16.1. The number of pyridine rings is 1. The van der Waals surface area contributed by atoms with E-state index in [4.69, 9.17) is 10.5 Å².